The van der Waals surface area contributed by atoms with Gasteiger partial charge in [0.1, 0.15) is 0 Å². The van der Waals surface area contributed by atoms with Crippen LogP contribution in [0.2, 0.25) is 0 Å². The Balaban J connectivity index is 0.00000544. The number of aliphatic imine (C=N–C) groups is 2. The molecule has 0 fully saturated rings. The van der Waals surface area contributed by atoms with Crippen molar-refractivity contribution < 1.29 is 16.5 Å². The molecule has 0 radical (unpaired) electrons. The average Bonchev–Trinajstić information content (AvgIpc) is 2.81. The smallest absolute Gasteiger partial charge is 0.0636 e. The molecule has 0 aliphatic rings. The van der Waals surface area contributed by atoms with Crippen molar-refractivity contribution in [1.82, 2.24) is 0 Å². The molecule has 3 heteroatoms. The molecule has 184 valence electrons. The number of hydrogen-bond acceptors (Lipinski definition) is 2. The predicted octanol–water partition coefficient (Wildman–Crippen LogP) is 9.59. The molecule has 0 atom stereocenters. The van der Waals surface area contributed by atoms with Gasteiger partial charge in [0.25, 0.3) is 0 Å². The summed E-state index contributed by atoms with van der Waals surface area (Å²) in [5.41, 5.74) is 7.44. The molecule has 0 unspecified atom stereocenters. The molecular formula is C30H44N2Ni. The largest absolute Gasteiger partial charge is 0.252 e. The SMILES string of the molecule is CCCCCCC(=Nc1ccc(CCC)c(CCC)c1)C(CCCC)=Nc1ccccc1.[Ni]. The molecule has 0 spiro atoms. The van der Waals surface area contributed by atoms with Gasteiger partial charge in [-0.1, -0.05) is 90.5 Å². The van der Waals surface area contributed by atoms with Gasteiger partial charge in [-0.05, 0) is 73.9 Å². The molecule has 0 aromatic heterocycles. The zero-order chi connectivity index (χ0) is 23.0. The molecule has 0 saturated heterocycles. The first-order valence-electron chi connectivity index (χ1n) is 13.0. The van der Waals surface area contributed by atoms with Gasteiger partial charge in [-0.2, -0.15) is 0 Å². The Hall–Kier alpha value is -1.73. The molecule has 0 bridgehead atoms. The van der Waals surface area contributed by atoms with E-state index in [-0.39, 0.29) is 16.5 Å². The maximum Gasteiger partial charge on any atom is 0.0636 e. The molecule has 2 aromatic carbocycles. The predicted molar refractivity (Wildman–Crippen MR) is 143 cm³/mol. The van der Waals surface area contributed by atoms with Crippen molar-refractivity contribution in [1.29, 1.82) is 0 Å². The van der Waals surface area contributed by atoms with Crippen LogP contribution in [-0.4, -0.2) is 11.4 Å². The zero-order valence-electron chi connectivity index (χ0n) is 21.3. The fourth-order valence-electron chi connectivity index (χ4n) is 4.10. The van der Waals surface area contributed by atoms with E-state index in [2.05, 4.69) is 76.2 Å². The van der Waals surface area contributed by atoms with Crippen LogP contribution in [0.4, 0.5) is 11.4 Å². The molecule has 0 aliphatic heterocycles. The Kier molecular flexibility index (Phi) is 15.7. The first kappa shape index (κ1) is 29.3. The Bertz CT molecular complexity index is 840. The monoisotopic (exact) mass is 490 g/mol. The van der Waals surface area contributed by atoms with Crippen LogP contribution in [0.25, 0.3) is 0 Å². The molecule has 2 nitrogen and oxygen atoms in total. The van der Waals surface area contributed by atoms with Gasteiger partial charge in [-0.25, -0.2) is 0 Å². The number of rotatable bonds is 15. The van der Waals surface area contributed by atoms with Crippen molar-refractivity contribution in [2.45, 2.75) is 105 Å². The third-order valence-electron chi connectivity index (χ3n) is 5.88. The summed E-state index contributed by atoms with van der Waals surface area (Å²) in [6.07, 6.45) is 14.0. The summed E-state index contributed by atoms with van der Waals surface area (Å²) in [6, 6.07) is 17.2. The topological polar surface area (TPSA) is 24.7 Å². The summed E-state index contributed by atoms with van der Waals surface area (Å²) < 4.78 is 0. The summed E-state index contributed by atoms with van der Waals surface area (Å²) >= 11 is 0. The normalized spacial score (nSPS) is 12.0. The molecule has 0 saturated carbocycles. The Morgan fingerprint density at radius 1 is 0.576 bits per heavy atom. The maximum atomic E-state index is 5.24. The van der Waals surface area contributed by atoms with Gasteiger partial charge in [0.05, 0.1) is 22.8 Å². The average molecular weight is 491 g/mol. The summed E-state index contributed by atoms with van der Waals surface area (Å²) in [5, 5.41) is 0. The summed E-state index contributed by atoms with van der Waals surface area (Å²) in [7, 11) is 0. The molecule has 2 rings (SSSR count). The second kappa shape index (κ2) is 17.7. The first-order valence-corrected chi connectivity index (χ1v) is 13.0. The van der Waals surface area contributed by atoms with Gasteiger partial charge in [0.2, 0.25) is 0 Å². The van der Waals surface area contributed by atoms with E-state index in [1.54, 1.807) is 0 Å². The molecule has 0 heterocycles. The molecule has 2 aromatic rings. The quantitative estimate of drug-likeness (QED) is 0.135. The molecular weight excluding hydrogens is 447 g/mol. The fourth-order valence-corrected chi connectivity index (χ4v) is 4.10. The maximum absolute atomic E-state index is 5.24. The van der Waals surface area contributed by atoms with Crippen LogP contribution in [0.1, 0.15) is 103 Å². The minimum absolute atomic E-state index is 0. The number of benzene rings is 2. The van der Waals surface area contributed by atoms with Gasteiger partial charge in [-0.15, -0.1) is 0 Å². The van der Waals surface area contributed by atoms with Crippen molar-refractivity contribution >= 4 is 22.8 Å². The fraction of sp³-hybridized carbons (Fsp3) is 0.533. The van der Waals surface area contributed by atoms with Gasteiger partial charge < -0.3 is 0 Å². The second-order valence-corrected chi connectivity index (χ2v) is 8.82. The van der Waals surface area contributed by atoms with E-state index in [9.17, 15) is 0 Å². The molecule has 0 aliphatic carbocycles. The van der Waals surface area contributed by atoms with Crippen LogP contribution in [-0.2, 0) is 29.3 Å². The summed E-state index contributed by atoms with van der Waals surface area (Å²) in [5.74, 6) is 0. The van der Waals surface area contributed by atoms with Gasteiger partial charge in [0.15, 0.2) is 0 Å². The van der Waals surface area contributed by atoms with Crippen LogP contribution < -0.4 is 0 Å². The van der Waals surface area contributed by atoms with Crippen molar-refractivity contribution in [3.8, 4) is 0 Å². The summed E-state index contributed by atoms with van der Waals surface area (Å²) in [6.45, 7) is 9.05. The van der Waals surface area contributed by atoms with Crippen molar-refractivity contribution in [2.75, 3.05) is 0 Å². The third kappa shape index (κ3) is 10.8. The van der Waals surface area contributed by atoms with E-state index in [1.165, 1.54) is 67.5 Å². The molecule has 0 amide bonds. The van der Waals surface area contributed by atoms with Gasteiger partial charge in [0, 0.05) is 16.5 Å². The van der Waals surface area contributed by atoms with Crippen molar-refractivity contribution in [3.63, 3.8) is 0 Å². The van der Waals surface area contributed by atoms with Gasteiger partial charge >= 0.3 is 0 Å². The van der Waals surface area contributed by atoms with Crippen LogP contribution in [0.15, 0.2) is 58.5 Å². The first-order chi connectivity index (χ1) is 15.7. The van der Waals surface area contributed by atoms with E-state index in [1.807, 2.05) is 0 Å². The van der Waals surface area contributed by atoms with Crippen LogP contribution in [0.3, 0.4) is 0 Å². The number of hydrogen-bond donors (Lipinski definition) is 0. The standard InChI is InChI=1S/C30H44N2.Ni/c1-5-9-11-15-21-30(29(20-10-6-2)31-27-18-13-12-14-19-27)32-28-23-22-25(16-7-3)26(24-28)17-8-4;/h12-14,18-19,22-24H,5-11,15-17,20-21H2,1-4H3;. The third-order valence-corrected chi connectivity index (χ3v) is 5.88. The van der Waals surface area contributed by atoms with Crippen LogP contribution in [0.5, 0.6) is 0 Å². The van der Waals surface area contributed by atoms with Crippen molar-refractivity contribution in [2.24, 2.45) is 9.98 Å². The van der Waals surface area contributed by atoms with Crippen LogP contribution in [0, 0.1) is 0 Å². The van der Waals surface area contributed by atoms with E-state index in [4.69, 9.17) is 9.98 Å². The van der Waals surface area contributed by atoms with E-state index < -0.39 is 0 Å². The number of nitrogens with zero attached hydrogens (tertiary/aromatic N) is 2. The van der Waals surface area contributed by atoms with E-state index in [0.29, 0.717) is 0 Å². The Labute approximate surface area is 213 Å². The zero-order valence-corrected chi connectivity index (χ0v) is 22.3. The number of para-hydroxylation sites is 1. The van der Waals surface area contributed by atoms with E-state index >= 15 is 0 Å². The van der Waals surface area contributed by atoms with Crippen LogP contribution >= 0.6 is 0 Å². The Morgan fingerprint density at radius 2 is 1.18 bits per heavy atom. The minimum Gasteiger partial charge on any atom is -0.252 e. The van der Waals surface area contributed by atoms with Crippen molar-refractivity contribution in [3.05, 3.63) is 59.7 Å². The molecule has 0 N–H and O–H groups in total. The van der Waals surface area contributed by atoms with E-state index in [0.717, 1.165) is 43.5 Å². The minimum atomic E-state index is 0. The van der Waals surface area contributed by atoms with Gasteiger partial charge in [-0.3, -0.25) is 9.98 Å². The Morgan fingerprint density at radius 3 is 1.82 bits per heavy atom. The second-order valence-electron chi connectivity index (χ2n) is 8.82. The molecule has 33 heavy (non-hydrogen) atoms. The number of aryl methyl sites for hydroxylation is 2. The summed E-state index contributed by atoms with van der Waals surface area (Å²) in [4.78, 5) is 10.3. The number of unbranched alkanes of at least 4 members (excludes halogenated alkanes) is 4.